The zero-order chi connectivity index (χ0) is 22.8. The van der Waals surface area contributed by atoms with E-state index in [1.54, 1.807) is 37.4 Å². The Morgan fingerprint density at radius 2 is 2.00 bits per heavy atom. The van der Waals surface area contributed by atoms with Gasteiger partial charge < -0.3 is 26.4 Å². The van der Waals surface area contributed by atoms with E-state index in [4.69, 9.17) is 10.5 Å². The number of carbonyl (C=O) groups is 2. The van der Waals surface area contributed by atoms with Crippen molar-refractivity contribution in [2.24, 2.45) is 11.7 Å². The summed E-state index contributed by atoms with van der Waals surface area (Å²) >= 11 is 0. The summed E-state index contributed by atoms with van der Waals surface area (Å²) < 4.78 is 5.85. The molecular formula is C23H28N6O3. The monoisotopic (exact) mass is 436 g/mol. The van der Waals surface area contributed by atoms with E-state index in [1.807, 2.05) is 0 Å². The van der Waals surface area contributed by atoms with Gasteiger partial charge in [0, 0.05) is 30.5 Å². The summed E-state index contributed by atoms with van der Waals surface area (Å²) in [7, 11) is 1.73. The number of carbonyl (C=O) groups excluding carboxylic acids is 2. The predicted molar refractivity (Wildman–Crippen MR) is 123 cm³/mol. The second kappa shape index (κ2) is 11.6. The third-order valence-corrected chi connectivity index (χ3v) is 5.16. The van der Waals surface area contributed by atoms with Crippen molar-refractivity contribution in [1.29, 1.82) is 0 Å². The van der Waals surface area contributed by atoms with Crippen LogP contribution in [0.3, 0.4) is 0 Å². The zero-order valence-corrected chi connectivity index (χ0v) is 18.0. The molecule has 9 heteroatoms. The predicted octanol–water partition coefficient (Wildman–Crippen LogP) is 1.71. The van der Waals surface area contributed by atoms with Crippen LogP contribution in [0.4, 0.5) is 5.82 Å². The molecule has 1 amide bonds. The highest BCUT2D eigenvalue weighted by Gasteiger charge is 2.14. The summed E-state index contributed by atoms with van der Waals surface area (Å²) in [6.07, 6.45) is 6.91. The number of ether oxygens (including phenoxy) is 1. The molecular weight excluding hydrogens is 408 g/mol. The maximum Gasteiger partial charge on any atom is 0.255 e. The molecule has 1 aromatic heterocycles. The molecule has 1 aliphatic heterocycles. The molecule has 0 unspecified atom stereocenters. The van der Waals surface area contributed by atoms with Gasteiger partial charge in [-0.3, -0.25) is 9.59 Å². The van der Waals surface area contributed by atoms with E-state index in [9.17, 15) is 9.59 Å². The molecule has 5 N–H and O–H groups in total. The Hall–Kier alpha value is -3.72. The van der Waals surface area contributed by atoms with E-state index >= 15 is 0 Å². The number of nitrogens with one attached hydrogen (secondary N) is 3. The van der Waals surface area contributed by atoms with Crippen LogP contribution in [0.1, 0.15) is 28.9 Å². The SMILES string of the molecule is CNc1cc(C(/C=C(\C=O)NC(=O)c2ccc(OCC3CCNCC3)cc2)=C/N)ncn1. The normalized spacial score (nSPS) is 15.2. The lowest BCUT2D eigenvalue weighted by Crippen LogP contribution is -2.30. The second-order valence-corrected chi connectivity index (χ2v) is 7.36. The van der Waals surface area contributed by atoms with Crippen LogP contribution in [0.15, 0.2) is 54.6 Å². The fraction of sp³-hybridized carbons (Fsp3) is 0.304. The molecule has 168 valence electrons. The van der Waals surface area contributed by atoms with Crippen LogP contribution >= 0.6 is 0 Å². The Labute approximate surface area is 187 Å². The van der Waals surface area contributed by atoms with Crippen LogP contribution in [0.5, 0.6) is 5.75 Å². The number of anilines is 1. The summed E-state index contributed by atoms with van der Waals surface area (Å²) in [5.74, 6) is 1.44. The van der Waals surface area contributed by atoms with Gasteiger partial charge in [0.1, 0.15) is 17.9 Å². The number of nitrogens with two attached hydrogens (primary N) is 1. The number of aldehydes is 1. The third kappa shape index (κ3) is 6.39. The number of amides is 1. The van der Waals surface area contributed by atoms with Crippen LogP contribution in [-0.4, -0.2) is 48.9 Å². The van der Waals surface area contributed by atoms with E-state index < -0.39 is 5.91 Å². The minimum Gasteiger partial charge on any atom is -0.493 e. The molecule has 0 bridgehead atoms. The largest absolute Gasteiger partial charge is 0.493 e. The van der Waals surface area contributed by atoms with Crippen LogP contribution in [-0.2, 0) is 4.79 Å². The highest BCUT2D eigenvalue weighted by atomic mass is 16.5. The number of nitrogens with zero attached hydrogens (tertiary/aromatic N) is 2. The van der Waals surface area contributed by atoms with Gasteiger partial charge in [-0.05, 0) is 62.2 Å². The van der Waals surface area contributed by atoms with Crippen LogP contribution < -0.4 is 26.4 Å². The molecule has 0 spiro atoms. The average molecular weight is 437 g/mol. The van der Waals surface area contributed by atoms with Gasteiger partial charge in [-0.25, -0.2) is 9.97 Å². The van der Waals surface area contributed by atoms with Gasteiger partial charge in [0.25, 0.3) is 5.91 Å². The quantitative estimate of drug-likeness (QED) is 0.265. The third-order valence-electron chi connectivity index (χ3n) is 5.16. The number of hydrogen-bond acceptors (Lipinski definition) is 8. The van der Waals surface area contributed by atoms with Crippen molar-refractivity contribution < 1.29 is 14.3 Å². The Morgan fingerprint density at radius 3 is 2.66 bits per heavy atom. The Balaban J connectivity index is 1.62. The topological polar surface area (TPSA) is 131 Å². The summed E-state index contributed by atoms with van der Waals surface area (Å²) in [5, 5.41) is 8.84. The molecule has 2 heterocycles. The van der Waals surface area contributed by atoms with Gasteiger partial charge in [-0.1, -0.05) is 0 Å². The van der Waals surface area contributed by atoms with Crippen LogP contribution in [0, 0.1) is 5.92 Å². The number of aromatic nitrogens is 2. The summed E-state index contributed by atoms with van der Waals surface area (Å²) in [5.41, 5.74) is 7.15. The fourth-order valence-corrected chi connectivity index (χ4v) is 3.29. The van der Waals surface area contributed by atoms with E-state index in [-0.39, 0.29) is 5.70 Å². The first-order valence-electron chi connectivity index (χ1n) is 10.5. The molecule has 0 radical (unpaired) electrons. The van der Waals surface area contributed by atoms with Crippen molar-refractivity contribution in [2.75, 3.05) is 32.1 Å². The molecule has 0 atom stereocenters. The lowest BCUT2D eigenvalue weighted by molar-refractivity contribution is -0.105. The smallest absolute Gasteiger partial charge is 0.255 e. The molecule has 1 fully saturated rings. The fourth-order valence-electron chi connectivity index (χ4n) is 3.29. The number of hydrogen-bond donors (Lipinski definition) is 4. The minimum absolute atomic E-state index is 0.0579. The van der Waals surface area contributed by atoms with E-state index in [0.29, 0.717) is 47.2 Å². The molecule has 0 saturated carbocycles. The number of allylic oxidation sites excluding steroid dienone is 3. The molecule has 1 aromatic carbocycles. The second-order valence-electron chi connectivity index (χ2n) is 7.36. The van der Waals surface area contributed by atoms with Crippen LogP contribution in [0.25, 0.3) is 5.57 Å². The van der Waals surface area contributed by atoms with Gasteiger partial charge in [0.15, 0.2) is 6.29 Å². The van der Waals surface area contributed by atoms with Crippen molar-refractivity contribution in [2.45, 2.75) is 12.8 Å². The Morgan fingerprint density at radius 1 is 1.25 bits per heavy atom. The van der Waals surface area contributed by atoms with Gasteiger partial charge in [0.2, 0.25) is 0 Å². The minimum atomic E-state index is -0.414. The Kier molecular flexibility index (Phi) is 8.33. The van der Waals surface area contributed by atoms with Gasteiger partial charge >= 0.3 is 0 Å². The summed E-state index contributed by atoms with van der Waals surface area (Å²) in [4.78, 5) is 32.3. The van der Waals surface area contributed by atoms with Crippen molar-refractivity contribution in [3.63, 3.8) is 0 Å². The average Bonchev–Trinajstić information content (AvgIpc) is 2.86. The lowest BCUT2D eigenvalue weighted by atomic mass is 9.99. The standard InChI is InChI=1S/C23H28N6O3/c1-25-22-11-21(27-15-28-22)18(12-24)10-19(13-30)29-23(31)17-2-4-20(5-3-17)32-14-16-6-8-26-9-7-16/h2-5,10-13,15-16,26H,6-9,14,24H2,1H3,(H,29,31)(H,25,27,28)/b18-12+,19-10+. The van der Waals surface area contributed by atoms with Crippen molar-refractivity contribution >= 4 is 23.6 Å². The summed E-state index contributed by atoms with van der Waals surface area (Å²) in [6.45, 7) is 2.71. The molecule has 0 aliphatic carbocycles. The first-order chi connectivity index (χ1) is 15.6. The lowest BCUT2D eigenvalue weighted by Gasteiger charge is -2.22. The molecule has 2 aromatic rings. The van der Waals surface area contributed by atoms with Gasteiger partial charge in [0.05, 0.1) is 18.0 Å². The first kappa shape index (κ1) is 23.0. The van der Waals surface area contributed by atoms with E-state index in [2.05, 4.69) is 25.9 Å². The molecule has 3 rings (SSSR count). The van der Waals surface area contributed by atoms with E-state index in [1.165, 1.54) is 18.6 Å². The molecule has 9 nitrogen and oxygen atoms in total. The molecule has 1 aliphatic rings. The first-order valence-corrected chi connectivity index (χ1v) is 10.5. The van der Waals surface area contributed by atoms with Crippen molar-refractivity contribution in [1.82, 2.24) is 20.6 Å². The maximum atomic E-state index is 12.6. The van der Waals surface area contributed by atoms with Crippen molar-refractivity contribution in [3.8, 4) is 5.75 Å². The number of rotatable bonds is 9. The Bertz CT molecular complexity index is 981. The zero-order valence-electron chi connectivity index (χ0n) is 18.0. The summed E-state index contributed by atoms with van der Waals surface area (Å²) in [6, 6.07) is 8.52. The molecule has 32 heavy (non-hydrogen) atoms. The number of benzene rings is 1. The number of piperidine rings is 1. The van der Waals surface area contributed by atoms with Gasteiger partial charge in [-0.15, -0.1) is 0 Å². The van der Waals surface area contributed by atoms with Crippen LogP contribution in [0.2, 0.25) is 0 Å². The van der Waals surface area contributed by atoms with E-state index in [0.717, 1.165) is 25.9 Å². The van der Waals surface area contributed by atoms with Crippen molar-refractivity contribution in [3.05, 3.63) is 65.9 Å². The maximum absolute atomic E-state index is 12.6. The molecule has 1 saturated heterocycles. The van der Waals surface area contributed by atoms with Gasteiger partial charge in [-0.2, -0.15) is 0 Å². The highest BCUT2D eigenvalue weighted by Crippen LogP contribution is 2.18. The highest BCUT2D eigenvalue weighted by molar-refractivity contribution is 5.99.